The molecule has 0 heterocycles. The van der Waals surface area contributed by atoms with Crippen molar-refractivity contribution >= 4 is 21.9 Å². The Balaban J connectivity index is 2.88. The average Bonchev–Trinajstić information content (AvgIpc) is 2.28. The smallest absolute Gasteiger partial charge is 0.345 e. The highest BCUT2D eigenvalue weighted by atomic mass is 79.9. The minimum Gasteiger partial charge on any atom is -0.464 e. The Bertz CT molecular complexity index is 379. The second-order valence-electron chi connectivity index (χ2n) is 3.32. The summed E-state index contributed by atoms with van der Waals surface area (Å²) in [6.07, 6.45) is -0.848. The van der Waals surface area contributed by atoms with E-state index in [1.807, 2.05) is 13.0 Å². The van der Waals surface area contributed by atoms with Crippen LogP contribution in [0.25, 0.3) is 0 Å². The van der Waals surface area contributed by atoms with Crippen LogP contribution in [0.2, 0.25) is 0 Å². The molecule has 0 fully saturated rings. The number of hydrogen-bond donors (Lipinski definition) is 0. The number of aryl methyl sites for hydroxylation is 1. The third kappa shape index (κ3) is 3.04. The summed E-state index contributed by atoms with van der Waals surface area (Å²) in [6.45, 7) is 3.85. The lowest BCUT2D eigenvalue weighted by atomic mass is 10.1. The van der Waals surface area contributed by atoms with Gasteiger partial charge in [0.1, 0.15) is 0 Å². The van der Waals surface area contributed by atoms with E-state index >= 15 is 0 Å². The van der Waals surface area contributed by atoms with Crippen molar-refractivity contribution in [2.24, 2.45) is 0 Å². The van der Waals surface area contributed by atoms with Crippen LogP contribution in [-0.2, 0) is 16.0 Å². The summed E-state index contributed by atoms with van der Waals surface area (Å²) in [5.74, 6) is -0.835. The first-order valence-electron chi connectivity index (χ1n) is 5.19. The van der Waals surface area contributed by atoms with Crippen LogP contribution in [0, 0.1) is 0 Å². The van der Waals surface area contributed by atoms with Gasteiger partial charge in [0.2, 0.25) is 6.17 Å². The van der Waals surface area contributed by atoms with Crippen molar-refractivity contribution < 1.29 is 13.9 Å². The number of esters is 1. The average molecular weight is 289 g/mol. The molecule has 0 aliphatic heterocycles. The molecule has 1 unspecified atom stereocenters. The molecule has 0 N–H and O–H groups in total. The minimum absolute atomic E-state index is 0.188. The summed E-state index contributed by atoms with van der Waals surface area (Å²) >= 11 is 3.34. The van der Waals surface area contributed by atoms with E-state index in [-0.39, 0.29) is 6.61 Å². The van der Waals surface area contributed by atoms with Crippen LogP contribution in [0.5, 0.6) is 0 Å². The Kier molecular flexibility index (Phi) is 4.93. The van der Waals surface area contributed by atoms with Crippen LogP contribution in [0.4, 0.5) is 4.39 Å². The van der Waals surface area contributed by atoms with Crippen molar-refractivity contribution in [1.29, 1.82) is 0 Å². The molecular formula is C12H14BrFO2. The van der Waals surface area contributed by atoms with Crippen LogP contribution in [0.15, 0.2) is 22.7 Å². The maximum absolute atomic E-state index is 13.6. The predicted octanol–water partition coefficient (Wildman–Crippen LogP) is 3.59. The first-order chi connectivity index (χ1) is 7.60. The van der Waals surface area contributed by atoms with E-state index in [4.69, 9.17) is 0 Å². The molecular weight excluding hydrogens is 275 g/mol. The minimum atomic E-state index is -1.71. The molecule has 0 amide bonds. The Morgan fingerprint density at radius 1 is 1.50 bits per heavy atom. The molecule has 0 bridgehead atoms. The molecule has 0 aromatic heterocycles. The lowest BCUT2D eigenvalue weighted by Gasteiger charge is -2.09. The number of halogens is 2. The van der Waals surface area contributed by atoms with Gasteiger partial charge in [-0.05, 0) is 30.5 Å². The van der Waals surface area contributed by atoms with Crippen LogP contribution in [0.3, 0.4) is 0 Å². The molecule has 88 valence electrons. The van der Waals surface area contributed by atoms with Gasteiger partial charge in [0, 0.05) is 4.47 Å². The molecule has 1 aromatic carbocycles. The molecule has 0 radical (unpaired) electrons. The van der Waals surface area contributed by atoms with Gasteiger partial charge in [0.15, 0.2) is 0 Å². The summed E-state index contributed by atoms with van der Waals surface area (Å²) in [5, 5.41) is 0. The van der Waals surface area contributed by atoms with E-state index in [1.165, 1.54) is 0 Å². The Labute approximate surface area is 103 Å². The van der Waals surface area contributed by atoms with Gasteiger partial charge in [-0.3, -0.25) is 0 Å². The maximum atomic E-state index is 13.6. The quantitative estimate of drug-likeness (QED) is 0.792. The van der Waals surface area contributed by atoms with Crippen LogP contribution < -0.4 is 0 Å². The van der Waals surface area contributed by atoms with E-state index in [9.17, 15) is 9.18 Å². The van der Waals surface area contributed by atoms with E-state index < -0.39 is 12.1 Å². The van der Waals surface area contributed by atoms with E-state index in [2.05, 4.69) is 20.7 Å². The van der Waals surface area contributed by atoms with Crippen molar-refractivity contribution in [3.05, 3.63) is 33.8 Å². The van der Waals surface area contributed by atoms with E-state index in [0.717, 1.165) is 16.5 Å². The van der Waals surface area contributed by atoms with Crippen molar-refractivity contribution in [2.75, 3.05) is 6.61 Å². The van der Waals surface area contributed by atoms with Crippen molar-refractivity contribution in [1.82, 2.24) is 0 Å². The standard InChI is InChI=1S/C12H14BrFO2/c1-3-8-5-6-9(7-10(8)13)11(14)12(15)16-4-2/h5-7,11H,3-4H2,1-2H3. The van der Waals surface area contributed by atoms with Gasteiger partial charge in [-0.25, -0.2) is 9.18 Å². The van der Waals surface area contributed by atoms with Crippen molar-refractivity contribution in [3.8, 4) is 0 Å². The first kappa shape index (κ1) is 13.2. The van der Waals surface area contributed by atoms with Gasteiger partial charge in [-0.1, -0.05) is 35.0 Å². The van der Waals surface area contributed by atoms with Gasteiger partial charge in [0.05, 0.1) is 6.61 Å². The van der Waals surface area contributed by atoms with Gasteiger partial charge < -0.3 is 4.74 Å². The lowest BCUT2D eigenvalue weighted by Crippen LogP contribution is -2.12. The molecule has 16 heavy (non-hydrogen) atoms. The zero-order valence-corrected chi connectivity index (χ0v) is 10.9. The van der Waals surface area contributed by atoms with Crippen LogP contribution in [-0.4, -0.2) is 12.6 Å². The Morgan fingerprint density at radius 3 is 2.69 bits per heavy atom. The summed E-state index contributed by atoms with van der Waals surface area (Å²) in [4.78, 5) is 11.2. The molecule has 1 rings (SSSR count). The fourth-order valence-electron chi connectivity index (χ4n) is 1.36. The molecule has 0 aliphatic rings. The van der Waals surface area contributed by atoms with Crippen LogP contribution in [0.1, 0.15) is 31.1 Å². The summed E-state index contributed by atoms with van der Waals surface area (Å²) in [7, 11) is 0. The van der Waals surface area contributed by atoms with Gasteiger partial charge in [0.25, 0.3) is 0 Å². The fraction of sp³-hybridized carbons (Fsp3) is 0.417. The van der Waals surface area contributed by atoms with Gasteiger partial charge >= 0.3 is 5.97 Å². The molecule has 1 atom stereocenters. The fourth-order valence-corrected chi connectivity index (χ4v) is 2.04. The monoisotopic (exact) mass is 288 g/mol. The number of carbonyl (C=O) groups excluding carboxylic acids is 1. The molecule has 0 saturated carbocycles. The zero-order chi connectivity index (χ0) is 12.1. The topological polar surface area (TPSA) is 26.3 Å². The largest absolute Gasteiger partial charge is 0.464 e. The molecule has 2 nitrogen and oxygen atoms in total. The van der Waals surface area contributed by atoms with E-state index in [1.54, 1.807) is 19.1 Å². The molecule has 1 aromatic rings. The second kappa shape index (κ2) is 5.99. The summed E-state index contributed by atoms with van der Waals surface area (Å²) < 4.78 is 19.1. The van der Waals surface area contributed by atoms with Crippen LogP contribution >= 0.6 is 15.9 Å². The molecule has 0 spiro atoms. The highest BCUT2D eigenvalue weighted by Crippen LogP contribution is 2.25. The van der Waals surface area contributed by atoms with E-state index in [0.29, 0.717) is 5.56 Å². The third-order valence-corrected chi connectivity index (χ3v) is 2.98. The third-order valence-electron chi connectivity index (χ3n) is 2.24. The first-order valence-corrected chi connectivity index (χ1v) is 5.98. The van der Waals surface area contributed by atoms with Gasteiger partial charge in [-0.2, -0.15) is 0 Å². The molecule has 4 heteroatoms. The Morgan fingerprint density at radius 2 is 2.19 bits per heavy atom. The predicted molar refractivity (Wildman–Crippen MR) is 64.0 cm³/mol. The number of carbonyl (C=O) groups is 1. The lowest BCUT2D eigenvalue weighted by molar-refractivity contribution is -0.149. The SMILES string of the molecule is CCOC(=O)C(F)c1ccc(CC)c(Br)c1. The molecule has 0 aliphatic carbocycles. The number of ether oxygens (including phenoxy) is 1. The van der Waals surface area contributed by atoms with Crippen molar-refractivity contribution in [2.45, 2.75) is 26.4 Å². The summed E-state index contributed by atoms with van der Waals surface area (Å²) in [6, 6.07) is 5.05. The highest BCUT2D eigenvalue weighted by Gasteiger charge is 2.21. The van der Waals surface area contributed by atoms with Crippen molar-refractivity contribution in [3.63, 3.8) is 0 Å². The number of benzene rings is 1. The Hall–Kier alpha value is -0.900. The second-order valence-corrected chi connectivity index (χ2v) is 4.17. The number of hydrogen-bond acceptors (Lipinski definition) is 2. The normalized spacial score (nSPS) is 12.2. The van der Waals surface area contributed by atoms with Gasteiger partial charge in [-0.15, -0.1) is 0 Å². The molecule has 0 saturated heterocycles. The number of alkyl halides is 1. The maximum Gasteiger partial charge on any atom is 0.345 e. The highest BCUT2D eigenvalue weighted by molar-refractivity contribution is 9.10. The number of rotatable bonds is 4. The summed E-state index contributed by atoms with van der Waals surface area (Å²) in [5.41, 5.74) is 1.40. The zero-order valence-electron chi connectivity index (χ0n) is 9.30.